The first-order chi connectivity index (χ1) is 9.15. The first-order valence-electron chi connectivity index (χ1n) is 6.48. The zero-order valence-electron chi connectivity index (χ0n) is 10.7. The van der Waals surface area contributed by atoms with Crippen molar-refractivity contribution in [2.24, 2.45) is 5.92 Å². The van der Waals surface area contributed by atoms with E-state index in [4.69, 9.17) is 21.4 Å². The van der Waals surface area contributed by atoms with Gasteiger partial charge in [-0.25, -0.2) is 0 Å². The average Bonchev–Trinajstić information content (AvgIpc) is 2.86. The molecule has 0 radical (unpaired) electrons. The Morgan fingerprint density at radius 2 is 2.16 bits per heavy atom. The van der Waals surface area contributed by atoms with Gasteiger partial charge in [0, 0.05) is 18.1 Å². The fourth-order valence-electron chi connectivity index (χ4n) is 2.25. The second-order valence-electron chi connectivity index (χ2n) is 4.78. The zero-order chi connectivity index (χ0) is 13.7. The Labute approximate surface area is 117 Å². The number of ether oxygens (including phenoxy) is 1. The highest BCUT2D eigenvalue weighted by Crippen LogP contribution is 2.17. The van der Waals surface area contributed by atoms with Crippen LogP contribution in [-0.2, 0) is 4.79 Å². The van der Waals surface area contributed by atoms with Crippen LogP contribution < -0.4 is 4.74 Å². The van der Waals surface area contributed by atoms with Crippen molar-refractivity contribution in [3.63, 3.8) is 0 Å². The quantitative estimate of drug-likeness (QED) is 0.815. The minimum absolute atomic E-state index is 0.197. The van der Waals surface area contributed by atoms with Gasteiger partial charge in [0.2, 0.25) is 0 Å². The highest BCUT2D eigenvalue weighted by Gasteiger charge is 2.27. The van der Waals surface area contributed by atoms with Crippen LogP contribution in [0.15, 0.2) is 24.3 Å². The summed E-state index contributed by atoms with van der Waals surface area (Å²) in [7, 11) is 0. The SMILES string of the molecule is O=C(O)C1CCN(CCCOc2ccc(Cl)cc2)C1. The van der Waals surface area contributed by atoms with Gasteiger partial charge in [-0.15, -0.1) is 0 Å². The molecule has 2 rings (SSSR count). The van der Waals surface area contributed by atoms with Crippen LogP contribution in [0.4, 0.5) is 0 Å². The molecule has 5 heteroatoms. The zero-order valence-corrected chi connectivity index (χ0v) is 11.5. The molecule has 0 spiro atoms. The number of likely N-dealkylation sites (tertiary alicyclic amines) is 1. The van der Waals surface area contributed by atoms with E-state index in [1.807, 2.05) is 12.1 Å². The van der Waals surface area contributed by atoms with Gasteiger partial charge in [0.15, 0.2) is 0 Å². The number of aliphatic carboxylic acids is 1. The number of rotatable bonds is 6. The van der Waals surface area contributed by atoms with Gasteiger partial charge in [0.25, 0.3) is 0 Å². The summed E-state index contributed by atoms with van der Waals surface area (Å²) in [5.74, 6) is -0.0636. The van der Waals surface area contributed by atoms with Crippen molar-refractivity contribution in [3.05, 3.63) is 29.3 Å². The highest BCUT2D eigenvalue weighted by molar-refractivity contribution is 6.30. The minimum Gasteiger partial charge on any atom is -0.494 e. The molecule has 1 aliphatic rings. The highest BCUT2D eigenvalue weighted by atomic mass is 35.5. The molecule has 1 aromatic carbocycles. The van der Waals surface area contributed by atoms with Crippen LogP contribution in [0.1, 0.15) is 12.8 Å². The average molecular weight is 284 g/mol. The molecule has 1 unspecified atom stereocenters. The third kappa shape index (κ3) is 4.40. The fourth-order valence-corrected chi connectivity index (χ4v) is 2.37. The Bertz CT molecular complexity index is 421. The topological polar surface area (TPSA) is 49.8 Å². The van der Waals surface area contributed by atoms with Crippen LogP contribution in [0, 0.1) is 5.92 Å². The Balaban J connectivity index is 1.62. The number of carboxylic acids is 1. The van der Waals surface area contributed by atoms with E-state index >= 15 is 0 Å². The van der Waals surface area contributed by atoms with Gasteiger partial charge < -0.3 is 14.7 Å². The maximum Gasteiger partial charge on any atom is 0.307 e. The van der Waals surface area contributed by atoms with Crippen LogP contribution in [0.25, 0.3) is 0 Å². The number of carboxylic acid groups (broad SMARTS) is 1. The molecular weight excluding hydrogens is 266 g/mol. The van der Waals surface area contributed by atoms with Crippen LogP contribution >= 0.6 is 11.6 Å². The monoisotopic (exact) mass is 283 g/mol. The molecule has 0 saturated carbocycles. The lowest BCUT2D eigenvalue weighted by atomic mass is 10.1. The number of hydrogen-bond acceptors (Lipinski definition) is 3. The number of benzene rings is 1. The number of nitrogens with zero attached hydrogens (tertiary/aromatic N) is 1. The Kier molecular flexibility index (Phi) is 5.05. The lowest BCUT2D eigenvalue weighted by Crippen LogP contribution is -2.25. The maximum absolute atomic E-state index is 10.8. The smallest absolute Gasteiger partial charge is 0.307 e. The molecule has 1 heterocycles. The minimum atomic E-state index is -0.681. The predicted molar refractivity (Wildman–Crippen MR) is 73.7 cm³/mol. The van der Waals surface area contributed by atoms with Crippen LogP contribution in [0.3, 0.4) is 0 Å². The molecule has 1 N–H and O–H groups in total. The maximum atomic E-state index is 10.8. The number of carbonyl (C=O) groups is 1. The molecule has 4 nitrogen and oxygen atoms in total. The number of halogens is 1. The summed E-state index contributed by atoms with van der Waals surface area (Å²) < 4.78 is 5.59. The van der Waals surface area contributed by atoms with Gasteiger partial charge in [-0.3, -0.25) is 4.79 Å². The van der Waals surface area contributed by atoms with E-state index in [9.17, 15) is 4.79 Å². The third-order valence-electron chi connectivity index (χ3n) is 3.32. The van der Waals surface area contributed by atoms with Crippen LogP contribution in [0.2, 0.25) is 5.02 Å². The first kappa shape index (κ1) is 14.2. The summed E-state index contributed by atoms with van der Waals surface area (Å²) in [5, 5.41) is 9.61. The summed E-state index contributed by atoms with van der Waals surface area (Å²) >= 11 is 5.79. The molecule has 0 aromatic heterocycles. The molecule has 1 aliphatic heterocycles. The van der Waals surface area contributed by atoms with E-state index in [0.29, 0.717) is 18.2 Å². The van der Waals surface area contributed by atoms with Crippen molar-refractivity contribution in [2.75, 3.05) is 26.2 Å². The van der Waals surface area contributed by atoms with Gasteiger partial charge in [-0.2, -0.15) is 0 Å². The lowest BCUT2D eigenvalue weighted by Gasteiger charge is -2.15. The van der Waals surface area contributed by atoms with Crippen molar-refractivity contribution in [3.8, 4) is 5.75 Å². The molecular formula is C14H18ClNO3. The van der Waals surface area contributed by atoms with E-state index in [1.165, 1.54) is 0 Å². The van der Waals surface area contributed by atoms with E-state index in [2.05, 4.69) is 4.90 Å². The van der Waals surface area contributed by atoms with E-state index in [0.717, 1.165) is 31.7 Å². The molecule has 0 aliphatic carbocycles. The second-order valence-corrected chi connectivity index (χ2v) is 5.22. The molecule has 19 heavy (non-hydrogen) atoms. The van der Waals surface area contributed by atoms with Gasteiger partial charge in [-0.05, 0) is 43.7 Å². The summed E-state index contributed by atoms with van der Waals surface area (Å²) in [4.78, 5) is 13.0. The summed E-state index contributed by atoms with van der Waals surface area (Å²) in [6.45, 7) is 3.06. The lowest BCUT2D eigenvalue weighted by molar-refractivity contribution is -0.141. The van der Waals surface area contributed by atoms with Crippen molar-refractivity contribution >= 4 is 17.6 Å². The first-order valence-corrected chi connectivity index (χ1v) is 6.86. The van der Waals surface area contributed by atoms with Gasteiger partial charge >= 0.3 is 5.97 Å². The van der Waals surface area contributed by atoms with Crippen molar-refractivity contribution in [2.45, 2.75) is 12.8 Å². The molecule has 1 atom stereocenters. The largest absolute Gasteiger partial charge is 0.494 e. The van der Waals surface area contributed by atoms with Crippen molar-refractivity contribution < 1.29 is 14.6 Å². The van der Waals surface area contributed by atoms with Crippen LogP contribution in [-0.4, -0.2) is 42.2 Å². The van der Waals surface area contributed by atoms with E-state index in [1.54, 1.807) is 12.1 Å². The van der Waals surface area contributed by atoms with Gasteiger partial charge in [0.05, 0.1) is 12.5 Å². The second kappa shape index (κ2) is 6.78. The normalized spacial score (nSPS) is 19.5. The predicted octanol–water partition coefficient (Wildman–Crippen LogP) is 2.52. The summed E-state index contributed by atoms with van der Waals surface area (Å²) in [5.41, 5.74) is 0. The van der Waals surface area contributed by atoms with E-state index < -0.39 is 5.97 Å². The standard InChI is InChI=1S/C14H18ClNO3/c15-12-2-4-13(5-3-12)19-9-1-7-16-8-6-11(10-16)14(17)18/h2-5,11H,1,6-10H2,(H,17,18). The molecule has 0 bridgehead atoms. The van der Waals surface area contributed by atoms with Gasteiger partial charge in [0.1, 0.15) is 5.75 Å². The van der Waals surface area contributed by atoms with Crippen LogP contribution in [0.5, 0.6) is 5.75 Å². The fraction of sp³-hybridized carbons (Fsp3) is 0.500. The molecule has 0 amide bonds. The van der Waals surface area contributed by atoms with Crippen molar-refractivity contribution in [1.29, 1.82) is 0 Å². The third-order valence-corrected chi connectivity index (χ3v) is 3.57. The Morgan fingerprint density at radius 3 is 2.79 bits per heavy atom. The summed E-state index contributed by atoms with van der Waals surface area (Å²) in [6, 6.07) is 7.29. The summed E-state index contributed by atoms with van der Waals surface area (Å²) in [6.07, 6.45) is 1.66. The number of hydrogen-bond donors (Lipinski definition) is 1. The molecule has 104 valence electrons. The Hall–Kier alpha value is -1.26. The molecule has 1 fully saturated rings. The van der Waals surface area contributed by atoms with E-state index in [-0.39, 0.29) is 5.92 Å². The molecule has 1 saturated heterocycles. The van der Waals surface area contributed by atoms with Gasteiger partial charge in [-0.1, -0.05) is 11.6 Å². The molecule has 1 aromatic rings. The van der Waals surface area contributed by atoms with Crippen molar-refractivity contribution in [1.82, 2.24) is 4.90 Å². The Morgan fingerprint density at radius 1 is 1.42 bits per heavy atom.